The third-order valence-corrected chi connectivity index (χ3v) is 6.46. The molecule has 0 spiro atoms. The first kappa shape index (κ1) is 25.0. The highest BCUT2D eigenvalue weighted by Gasteiger charge is 2.30. The highest BCUT2D eigenvalue weighted by atomic mass is 32.2. The first-order chi connectivity index (χ1) is 17.0. The number of benzene rings is 3. The predicted octanol–water partition coefficient (Wildman–Crippen LogP) is 6.40. The van der Waals surface area contributed by atoms with Crippen LogP contribution >= 0.6 is 0 Å². The van der Waals surface area contributed by atoms with E-state index in [9.17, 15) is 21.6 Å². The summed E-state index contributed by atoms with van der Waals surface area (Å²) in [5.41, 5.74) is 2.70. The molecule has 0 radical (unpaired) electrons. The third kappa shape index (κ3) is 6.30. The zero-order valence-corrected chi connectivity index (χ0v) is 20.1. The molecule has 0 saturated carbocycles. The van der Waals surface area contributed by atoms with Crippen LogP contribution in [0.25, 0.3) is 0 Å². The van der Waals surface area contributed by atoms with Crippen molar-refractivity contribution in [2.45, 2.75) is 24.9 Å². The number of aryl methyl sites for hydroxylation is 2. The second kappa shape index (κ2) is 9.86. The fourth-order valence-corrected chi connectivity index (χ4v) is 4.32. The second-order valence-electron chi connectivity index (χ2n) is 8.04. The molecule has 1 heterocycles. The van der Waals surface area contributed by atoms with Crippen molar-refractivity contribution in [1.29, 1.82) is 0 Å². The zero-order chi connectivity index (χ0) is 25.9. The summed E-state index contributed by atoms with van der Waals surface area (Å²) in [5, 5.41) is 6.31. The lowest BCUT2D eigenvalue weighted by atomic mass is 10.2. The lowest BCUT2D eigenvalue weighted by molar-refractivity contribution is -0.137. The second-order valence-corrected chi connectivity index (χ2v) is 9.72. The van der Waals surface area contributed by atoms with Crippen molar-refractivity contribution in [2.75, 3.05) is 15.4 Å². The molecule has 11 heteroatoms. The molecule has 0 aliphatic carbocycles. The SMILES string of the molecule is Cc1ccc(Nc2cc(C)nc(Nc3ccc(NS(=O)(=O)c4ccc(C(F)(F)F)cc4)cc3)n2)cc1. The highest BCUT2D eigenvalue weighted by Crippen LogP contribution is 2.30. The molecule has 0 fully saturated rings. The highest BCUT2D eigenvalue weighted by molar-refractivity contribution is 7.92. The maximum absolute atomic E-state index is 12.7. The number of aromatic nitrogens is 2. The number of anilines is 5. The van der Waals surface area contributed by atoms with Crippen LogP contribution in [-0.2, 0) is 16.2 Å². The Morgan fingerprint density at radius 1 is 0.722 bits per heavy atom. The van der Waals surface area contributed by atoms with Crippen molar-refractivity contribution < 1.29 is 21.6 Å². The lowest BCUT2D eigenvalue weighted by Gasteiger charge is -2.12. The fourth-order valence-electron chi connectivity index (χ4n) is 3.26. The minimum absolute atomic E-state index is 0.243. The molecule has 186 valence electrons. The van der Waals surface area contributed by atoms with Crippen LogP contribution in [-0.4, -0.2) is 18.4 Å². The van der Waals surface area contributed by atoms with Crippen LogP contribution in [0.5, 0.6) is 0 Å². The number of sulfonamides is 1. The normalized spacial score (nSPS) is 11.7. The van der Waals surface area contributed by atoms with E-state index in [4.69, 9.17) is 0 Å². The molecular weight excluding hydrogens is 491 g/mol. The summed E-state index contributed by atoms with van der Waals surface area (Å²) in [7, 11) is -4.06. The van der Waals surface area contributed by atoms with Gasteiger partial charge in [0.1, 0.15) is 5.82 Å². The number of nitrogens with one attached hydrogen (secondary N) is 3. The molecule has 1 aromatic heterocycles. The largest absolute Gasteiger partial charge is 0.416 e. The van der Waals surface area contributed by atoms with E-state index in [1.807, 2.05) is 44.2 Å². The molecule has 0 bridgehead atoms. The summed E-state index contributed by atoms with van der Waals surface area (Å²) in [6.07, 6.45) is -4.54. The number of hydrogen-bond acceptors (Lipinski definition) is 6. The Kier molecular flexibility index (Phi) is 6.84. The van der Waals surface area contributed by atoms with Crippen molar-refractivity contribution in [1.82, 2.24) is 9.97 Å². The van der Waals surface area contributed by atoms with Crippen molar-refractivity contribution in [3.8, 4) is 0 Å². The molecule has 0 aliphatic rings. The van der Waals surface area contributed by atoms with Gasteiger partial charge in [-0.25, -0.2) is 13.4 Å². The third-order valence-electron chi connectivity index (χ3n) is 5.06. The van der Waals surface area contributed by atoms with Crippen LogP contribution in [0.3, 0.4) is 0 Å². The molecule has 0 amide bonds. The number of hydrogen-bond donors (Lipinski definition) is 3. The molecule has 3 N–H and O–H groups in total. The van der Waals surface area contributed by atoms with E-state index in [0.717, 1.165) is 41.2 Å². The van der Waals surface area contributed by atoms with Crippen LogP contribution in [0.2, 0.25) is 0 Å². The van der Waals surface area contributed by atoms with Gasteiger partial charge in [-0.2, -0.15) is 18.2 Å². The Labute approximate surface area is 206 Å². The first-order valence-corrected chi connectivity index (χ1v) is 12.2. The first-order valence-electron chi connectivity index (χ1n) is 10.7. The average Bonchev–Trinajstić information content (AvgIpc) is 2.81. The molecule has 0 aliphatic heterocycles. The maximum atomic E-state index is 12.7. The van der Waals surface area contributed by atoms with E-state index in [0.29, 0.717) is 17.5 Å². The standard InChI is InChI=1S/C25H22F3N5O2S/c1-16-3-7-19(8-4-16)30-23-15-17(2)29-24(32-23)31-20-9-11-21(12-10-20)33-36(34,35)22-13-5-18(6-14-22)25(26,27)28/h3-15,33H,1-2H3,(H2,29,30,31,32). The topological polar surface area (TPSA) is 96.0 Å². The van der Waals surface area contributed by atoms with Gasteiger partial charge < -0.3 is 10.6 Å². The van der Waals surface area contributed by atoms with Gasteiger partial charge in [0.2, 0.25) is 5.95 Å². The van der Waals surface area contributed by atoms with Gasteiger partial charge in [-0.15, -0.1) is 0 Å². The molecule has 0 unspecified atom stereocenters. The smallest absolute Gasteiger partial charge is 0.340 e. The predicted molar refractivity (Wildman–Crippen MR) is 133 cm³/mol. The molecule has 0 saturated heterocycles. The number of rotatable bonds is 7. The van der Waals surface area contributed by atoms with E-state index in [-0.39, 0.29) is 10.6 Å². The summed E-state index contributed by atoms with van der Waals surface area (Å²) in [4.78, 5) is 8.57. The van der Waals surface area contributed by atoms with Gasteiger partial charge >= 0.3 is 6.18 Å². The van der Waals surface area contributed by atoms with E-state index >= 15 is 0 Å². The van der Waals surface area contributed by atoms with E-state index in [1.165, 1.54) is 12.1 Å². The van der Waals surface area contributed by atoms with Crippen LogP contribution in [0, 0.1) is 13.8 Å². The Hall–Kier alpha value is -4.12. The molecule has 0 atom stereocenters. The summed E-state index contributed by atoms with van der Waals surface area (Å²) in [6, 6.07) is 19.3. The molecule has 7 nitrogen and oxygen atoms in total. The van der Waals surface area contributed by atoms with Gasteiger partial charge in [0.15, 0.2) is 0 Å². The summed E-state index contributed by atoms with van der Waals surface area (Å²) >= 11 is 0. The van der Waals surface area contributed by atoms with E-state index < -0.39 is 21.8 Å². The zero-order valence-electron chi connectivity index (χ0n) is 19.3. The van der Waals surface area contributed by atoms with Gasteiger partial charge in [-0.3, -0.25) is 4.72 Å². The molecule has 3 aromatic carbocycles. The van der Waals surface area contributed by atoms with Crippen LogP contribution < -0.4 is 15.4 Å². The molecule has 4 rings (SSSR count). The van der Waals surface area contributed by atoms with Gasteiger partial charge in [0, 0.05) is 28.8 Å². The molecule has 4 aromatic rings. The Bertz CT molecular complexity index is 1460. The van der Waals surface area contributed by atoms with Gasteiger partial charge in [0.05, 0.1) is 10.5 Å². The number of halogens is 3. The summed E-state index contributed by atoms with van der Waals surface area (Å²) in [6.45, 7) is 3.85. The van der Waals surface area contributed by atoms with Crippen LogP contribution in [0.15, 0.2) is 83.8 Å². The Morgan fingerprint density at radius 3 is 1.89 bits per heavy atom. The molecular formula is C25H22F3N5O2S. The van der Waals surface area contributed by atoms with Crippen LogP contribution in [0.1, 0.15) is 16.8 Å². The number of alkyl halides is 3. The Morgan fingerprint density at radius 2 is 1.28 bits per heavy atom. The summed E-state index contributed by atoms with van der Waals surface area (Å²) in [5.74, 6) is 0.956. The minimum atomic E-state index is -4.54. The minimum Gasteiger partial charge on any atom is -0.340 e. The van der Waals surface area contributed by atoms with Gasteiger partial charge in [-0.05, 0) is 74.5 Å². The monoisotopic (exact) mass is 513 g/mol. The van der Waals surface area contributed by atoms with E-state index in [2.05, 4.69) is 25.3 Å². The van der Waals surface area contributed by atoms with Crippen molar-refractivity contribution in [3.05, 3.63) is 95.7 Å². The van der Waals surface area contributed by atoms with Crippen LogP contribution in [0.4, 0.5) is 42.0 Å². The van der Waals surface area contributed by atoms with Crippen molar-refractivity contribution in [2.24, 2.45) is 0 Å². The van der Waals surface area contributed by atoms with Gasteiger partial charge in [-0.1, -0.05) is 17.7 Å². The Balaban J connectivity index is 1.44. The number of nitrogens with zero attached hydrogens (tertiary/aromatic N) is 2. The van der Waals surface area contributed by atoms with E-state index in [1.54, 1.807) is 12.1 Å². The summed E-state index contributed by atoms with van der Waals surface area (Å²) < 4.78 is 65.6. The van der Waals surface area contributed by atoms with Crippen molar-refractivity contribution in [3.63, 3.8) is 0 Å². The lowest BCUT2D eigenvalue weighted by Crippen LogP contribution is -2.13. The average molecular weight is 514 g/mol. The molecule has 36 heavy (non-hydrogen) atoms. The van der Waals surface area contributed by atoms with Gasteiger partial charge in [0.25, 0.3) is 10.0 Å². The maximum Gasteiger partial charge on any atom is 0.416 e. The van der Waals surface area contributed by atoms with Crippen molar-refractivity contribution >= 4 is 38.9 Å². The fraction of sp³-hybridized carbons (Fsp3) is 0.120. The quantitative estimate of drug-likeness (QED) is 0.265.